The largest absolute Gasteiger partial charge is 1.00 e. The number of ketones is 1. The van der Waals surface area contributed by atoms with Crippen LogP contribution in [0.5, 0.6) is 0 Å². The van der Waals surface area contributed by atoms with Crippen LogP contribution in [-0.2, 0) is 13.9 Å². The molecule has 4 saturated carbocycles. The Balaban J connectivity index is 0.00000289. The van der Waals surface area contributed by atoms with Gasteiger partial charge in [0, 0.05) is 5.92 Å². The second-order valence-corrected chi connectivity index (χ2v) is 13.7. The van der Waals surface area contributed by atoms with Crippen molar-refractivity contribution in [2.75, 3.05) is 5.75 Å². The topological polar surface area (TPSA) is 94.5 Å². The van der Waals surface area contributed by atoms with Gasteiger partial charge in [0.15, 0.2) is 0 Å². The number of alkyl halides is 3. The summed E-state index contributed by atoms with van der Waals surface area (Å²) in [5.41, 5.74) is -0.282. The maximum atomic E-state index is 13.5. The van der Waals surface area contributed by atoms with Crippen LogP contribution >= 0.6 is 10.8 Å². The number of halogens is 3. The van der Waals surface area contributed by atoms with Gasteiger partial charge in [-0.25, -0.2) is 8.42 Å². The Morgan fingerprint density at radius 3 is 2.41 bits per heavy atom. The van der Waals surface area contributed by atoms with Crippen molar-refractivity contribution in [3.8, 4) is 0 Å². The fourth-order valence-corrected chi connectivity index (χ4v) is 9.17. The number of rotatable bonds is 4. The smallest absolute Gasteiger partial charge is 0.739 e. The number of fused-ring (bicyclic) bond motifs is 5. The number of hydrogen-bond donors (Lipinski definition) is 1. The van der Waals surface area contributed by atoms with E-state index < -0.39 is 27.3 Å². The predicted octanol–water partition coefficient (Wildman–Crippen LogP) is 1.17. The molecule has 5 nitrogen and oxygen atoms in total. The van der Waals surface area contributed by atoms with Crippen molar-refractivity contribution in [2.45, 2.75) is 70.6 Å². The molecule has 3 unspecified atom stereocenters. The molecule has 0 aromatic rings. The van der Waals surface area contributed by atoms with Crippen LogP contribution in [0.25, 0.3) is 0 Å². The maximum Gasteiger partial charge on any atom is 1.00 e. The summed E-state index contributed by atoms with van der Waals surface area (Å²) in [6, 6.07) is 0. The van der Waals surface area contributed by atoms with Crippen LogP contribution in [0.1, 0.15) is 58.3 Å². The van der Waals surface area contributed by atoms with E-state index >= 15 is 0 Å². The van der Waals surface area contributed by atoms with Crippen molar-refractivity contribution in [1.29, 1.82) is 0 Å². The summed E-state index contributed by atoms with van der Waals surface area (Å²) in [5, 5.41) is 10.1. The van der Waals surface area contributed by atoms with Crippen LogP contribution in [0.2, 0.25) is 0 Å². The van der Waals surface area contributed by atoms with Gasteiger partial charge in [0.1, 0.15) is 14.9 Å². The zero-order valence-electron chi connectivity index (χ0n) is 18.5. The van der Waals surface area contributed by atoms with Crippen molar-refractivity contribution in [3.05, 3.63) is 0 Å². The van der Waals surface area contributed by atoms with Gasteiger partial charge in [-0.1, -0.05) is 6.92 Å². The van der Waals surface area contributed by atoms with Gasteiger partial charge in [-0.15, -0.1) is 0 Å². The molecule has 0 aromatic carbocycles. The van der Waals surface area contributed by atoms with Crippen LogP contribution < -0.4 is 29.6 Å². The molecule has 0 aromatic heterocycles. The molecule has 0 amide bonds. The monoisotopic (exact) mass is 506 g/mol. The molecule has 4 aliphatic carbocycles. The summed E-state index contributed by atoms with van der Waals surface area (Å²) in [6.45, 7) is 2.08. The summed E-state index contributed by atoms with van der Waals surface area (Å²) in [5.74, 6) is -1.65. The Hall–Kier alpha value is 0.680. The van der Waals surface area contributed by atoms with Crippen LogP contribution in [0, 0.1) is 46.8 Å². The minimum atomic E-state index is -4.52. The van der Waals surface area contributed by atoms with Crippen molar-refractivity contribution in [1.82, 2.24) is 0 Å². The SMILES string of the molecule is C[C@]12CCC3C(CC[C@@H]4C[C@H](O)[C@@H](C(F)(F)F)C[C@H]34)C1CC[C@@H]2C(=O)CSS(=O)(=O)[O-].[Na+]. The van der Waals surface area contributed by atoms with Gasteiger partial charge < -0.3 is 9.66 Å². The van der Waals surface area contributed by atoms with E-state index in [4.69, 9.17) is 0 Å². The van der Waals surface area contributed by atoms with Crippen molar-refractivity contribution in [3.63, 3.8) is 0 Å². The summed E-state index contributed by atoms with van der Waals surface area (Å²) >= 11 is 0. The Morgan fingerprint density at radius 2 is 1.78 bits per heavy atom. The number of carbonyl (C=O) groups excluding carboxylic acids is 1. The number of Topliss-reactive ketones (excluding diaryl/α,β-unsaturated/α-hetero) is 1. The van der Waals surface area contributed by atoms with E-state index in [0.29, 0.717) is 6.42 Å². The van der Waals surface area contributed by atoms with Gasteiger partial charge >= 0.3 is 35.7 Å². The zero-order valence-corrected chi connectivity index (χ0v) is 22.1. The summed E-state index contributed by atoms with van der Waals surface area (Å²) in [6.07, 6.45) is -0.736. The van der Waals surface area contributed by atoms with E-state index in [2.05, 4.69) is 6.92 Å². The third kappa shape index (κ3) is 5.12. The van der Waals surface area contributed by atoms with E-state index in [9.17, 15) is 36.0 Å². The van der Waals surface area contributed by atoms with Crippen molar-refractivity contribution in [2.24, 2.45) is 46.8 Å². The summed E-state index contributed by atoms with van der Waals surface area (Å²) in [4.78, 5) is 12.8. The third-order valence-corrected chi connectivity index (χ3v) is 11.1. The molecule has 4 rings (SSSR count). The molecule has 9 atom stereocenters. The van der Waals surface area contributed by atoms with Gasteiger partial charge in [0.2, 0.25) is 0 Å². The normalized spacial score (nSPS) is 44.1. The Labute approximate surface area is 213 Å². The molecule has 4 aliphatic rings. The molecule has 32 heavy (non-hydrogen) atoms. The van der Waals surface area contributed by atoms with Gasteiger partial charge in [0.05, 0.1) is 17.8 Å². The Bertz CT molecular complexity index is 823. The van der Waals surface area contributed by atoms with Crippen LogP contribution in [0.15, 0.2) is 0 Å². The summed E-state index contributed by atoms with van der Waals surface area (Å²) < 4.78 is 73.2. The fraction of sp³-hybridized carbons (Fsp3) is 0.952. The average molecular weight is 507 g/mol. The van der Waals surface area contributed by atoms with Gasteiger partial charge in [-0.05, 0) is 97.2 Å². The van der Waals surface area contributed by atoms with E-state index in [1.54, 1.807) is 0 Å². The molecule has 178 valence electrons. The van der Waals surface area contributed by atoms with E-state index in [1.807, 2.05) is 0 Å². The number of aliphatic hydroxyl groups is 1. The quantitative estimate of drug-likeness (QED) is 0.350. The standard InChI is InChI=1S/C21H31F3O5S2.Na/c1-20-7-6-12-13(15(20)4-5-16(20)19(26)10-30-31(27,28)29)3-2-11-8-18(25)17(9-14(11)12)21(22,23)24;/h11-18,25H,2-10H2,1H3,(H,27,28,29);/q;+1/p-1/t11-,12?,13?,14+,15?,16-,17+,18+,20+;/m1./s1. The van der Waals surface area contributed by atoms with Crippen LogP contribution in [-0.4, -0.2) is 41.9 Å². The molecule has 0 heterocycles. The molecule has 1 N–H and O–H groups in total. The van der Waals surface area contributed by atoms with Crippen LogP contribution in [0.3, 0.4) is 0 Å². The first-order valence-corrected chi connectivity index (χ1v) is 14.1. The van der Waals surface area contributed by atoms with E-state index in [1.165, 1.54) is 0 Å². The zero-order chi connectivity index (χ0) is 22.8. The molecular weight excluding hydrogens is 476 g/mol. The molecule has 0 radical (unpaired) electrons. The molecule has 4 fully saturated rings. The van der Waals surface area contributed by atoms with Gasteiger partial charge in [-0.2, -0.15) is 13.2 Å². The average Bonchev–Trinajstić information content (AvgIpc) is 3.01. The number of carbonyl (C=O) groups is 1. The Morgan fingerprint density at radius 1 is 1.09 bits per heavy atom. The van der Waals surface area contributed by atoms with Crippen molar-refractivity contribution < 1.29 is 65.6 Å². The second-order valence-electron chi connectivity index (χ2n) is 10.4. The number of hydrogen-bond acceptors (Lipinski definition) is 6. The molecular formula is C21H30F3NaO5S2. The minimum Gasteiger partial charge on any atom is -0.739 e. The Kier molecular flexibility index (Phi) is 8.20. The van der Waals surface area contributed by atoms with Gasteiger partial charge in [0.25, 0.3) is 0 Å². The van der Waals surface area contributed by atoms with E-state index in [-0.39, 0.29) is 106 Å². The number of aliphatic hydroxyl groups excluding tert-OH is 1. The summed E-state index contributed by atoms with van der Waals surface area (Å²) in [7, 11) is -4.37. The van der Waals surface area contributed by atoms with Gasteiger partial charge in [-0.3, -0.25) is 4.79 Å². The van der Waals surface area contributed by atoms with E-state index in [0.717, 1.165) is 32.1 Å². The maximum absolute atomic E-state index is 13.5. The third-order valence-electron chi connectivity index (χ3n) is 9.21. The first-order valence-electron chi connectivity index (χ1n) is 11.2. The molecule has 0 spiro atoms. The molecule has 0 aliphatic heterocycles. The molecule has 0 saturated heterocycles. The fourth-order valence-electron chi connectivity index (χ4n) is 7.93. The first-order chi connectivity index (χ1) is 14.3. The molecule has 0 bridgehead atoms. The van der Waals surface area contributed by atoms with Crippen molar-refractivity contribution >= 4 is 25.7 Å². The van der Waals surface area contributed by atoms with Crippen LogP contribution in [0.4, 0.5) is 13.2 Å². The predicted molar refractivity (Wildman–Crippen MR) is 109 cm³/mol. The first kappa shape index (κ1) is 27.3. The minimum absolute atomic E-state index is 0. The second kappa shape index (κ2) is 9.62. The molecule has 11 heteroatoms.